The summed E-state index contributed by atoms with van der Waals surface area (Å²) in [6.07, 6.45) is -2.84. The number of benzene rings is 3. The summed E-state index contributed by atoms with van der Waals surface area (Å²) in [4.78, 5) is 12.7. The molecule has 1 aromatic heterocycles. The summed E-state index contributed by atoms with van der Waals surface area (Å²) in [5.41, 5.74) is 1.52. The minimum atomic E-state index is -4.43. The number of carbonyl (C=O) groups excluding carboxylic acids is 1. The van der Waals surface area contributed by atoms with E-state index < -0.39 is 17.6 Å². The van der Waals surface area contributed by atoms with E-state index in [2.05, 4.69) is 10.4 Å². The van der Waals surface area contributed by atoms with Crippen molar-refractivity contribution in [3.05, 3.63) is 94.6 Å². The van der Waals surface area contributed by atoms with Crippen LogP contribution in [-0.4, -0.2) is 15.7 Å². The Bertz CT molecular complexity index is 1220. The lowest BCUT2D eigenvalue weighted by Gasteiger charge is -2.10. The molecule has 0 aliphatic heterocycles. The molecule has 30 heavy (non-hydrogen) atoms. The van der Waals surface area contributed by atoms with E-state index in [1.807, 2.05) is 18.2 Å². The summed E-state index contributed by atoms with van der Waals surface area (Å²) < 4.78 is 40.3. The first kappa shape index (κ1) is 20.0. The van der Waals surface area contributed by atoms with Gasteiger partial charge >= 0.3 is 6.18 Å². The molecule has 1 heterocycles. The summed E-state index contributed by atoms with van der Waals surface area (Å²) in [7, 11) is 0. The van der Waals surface area contributed by atoms with E-state index in [-0.39, 0.29) is 6.54 Å². The second-order valence-electron chi connectivity index (χ2n) is 6.65. The lowest BCUT2D eigenvalue weighted by Crippen LogP contribution is -2.23. The van der Waals surface area contributed by atoms with Crippen LogP contribution in [0.15, 0.2) is 72.9 Å². The molecule has 0 aliphatic rings. The maximum absolute atomic E-state index is 12.9. The van der Waals surface area contributed by atoms with Gasteiger partial charge in [0.15, 0.2) is 0 Å². The van der Waals surface area contributed by atoms with Crippen molar-refractivity contribution in [1.29, 1.82) is 0 Å². The number of alkyl halides is 3. The predicted molar refractivity (Wildman–Crippen MR) is 109 cm³/mol. The number of nitrogens with zero attached hydrogens (tertiary/aromatic N) is 2. The lowest BCUT2D eigenvalue weighted by molar-refractivity contribution is -0.137. The Morgan fingerprint density at radius 2 is 1.77 bits per heavy atom. The van der Waals surface area contributed by atoms with E-state index in [1.54, 1.807) is 35.1 Å². The second-order valence-corrected chi connectivity index (χ2v) is 7.09. The molecule has 152 valence electrons. The average Bonchev–Trinajstić information content (AvgIpc) is 3.16. The van der Waals surface area contributed by atoms with Gasteiger partial charge in [-0.15, -0.1) is 0 Å². The van der Waals surface area contributed by atoms with Gasteiger partial charge in [-0.2, -0.15) is 18.3 Å². The predicted octanol–water partition coefficient (Wildman–Crippen LogP) is 5.63. The third-order valence-electron chi connectivity index (χ3n) is 4.64. The molecule has 0 atom stereocenters. The number of rotatable bonds is 4. The quantitative estimate of drug-likeness (QED) is 0.457. The fourth-order valence-corrected chi connectivity index (χ4v) is 3.30. The Hall–Kier alpha value is -3.32. The number of aromatic nitrogens is 2. The van der Waals surface area contributed by atoms with Crippen molar-refractivity contribution in [2.75, 3.05) is 0 Å². The molecule has 4 aromatic rings. The van der Waals surface area contributed by atoms with Gasteiger partial charge in [0, 0.05) is 17.0 Å². The van der Waals surface area contributed by atoms with Gasteiger partial charge in [-0.1, -0.05) is 29.8 Å². The number of hydrogen-bond donors (Lipinski definition) is 1. The largest absolute Gasteiger partial charge is 0.416 e. The van der Waals surface area contributed by atoms with Gasteiger partial charge in [-0.3, -0.25) is 4.79 Å². The van der Waals surface area contributed by atoms with Gasteiger partial charge in [-0.05, 0) is 54.1 Å². The Morgan fingerprint density at radius 1 is 1.03 bits per heavy atom. The molecule has 0 radical (unpaired) electrons. The van der Waals surface area contributed by atoms with Gasteiger partial charge in [0.2, 0.25) is 0 Å². The van der Waals surface area contributed by atoms with Crippen molar-refractivity contribution < 1.29 is 18.0 Å². The number of nitrogens with one attached hydrogen (secondary N) is 1. The third kappa shape index (κ3) is 4.02. The SMILES string of the molecule is O=C(NCc1cccc(C(F)(F)F)c1)c1cccc2c1cnn2-c1ccc(Cl)cc1. The number of carbonyl (C=O) groups is 1. The molecule has 0 saturated heterocycles. The Kier molecular flexibility index (Phi) is 5.22. The molecule has 0 bridgehead atoms. The van der Waals surface area contributed by atoms with Gasteiger partial charge in [0.25, 0.3) is 5.91 Å². The molecule has 1 N–H and O–H groups in total. The second kappa shape index (κ2) is 7.84. The van der Waals surface area contributed by atoms with Gasteiger partial charge < -0.3 is 5.32 Å². The summed E-state index contributed by atoms with van der Waals surface area (Å²) in [6, 6.07) is 17.2. The van der Waals surface area contributed by atoms with Crippen molar-refractivity contribution in [3.8, 4) is 5.69 Å². The van der Waals surface area contributed by atoms with E-state index in [0.717, 1.165) is 23.3 Å². The van der Waals surface area contributed by atoms with Crippen LogP contribution in [0.3, 0.4) is 0 Å². The third-order valence-corrected chi connectivity index (χ3v) is 4.89. The lowest BCUT2D eigenvalue weighted by atomic mass is 10.1. The molecule has 4 nitrogen and oxygen atoms in total. The summed E-state index contributed by atoms with van der Waals surface area (Å²) >= 11 is 5.93. The van der Waals surface area contributed by atoms with Crippen LogP contribution in [-0.2, 0) is 12.7 Å². The summed E-state index contributed by atoms with van der Waals surface area (Å²) in [6.45, 7) is -0.0234. The maximum atomic E-state index is 12.9. The summed E-state index contributed by atoms with van der Waals surface area (Å²) in [5, 5.41) is 8.28. The Morgan fingerprint density at radius 3 is 2.50 bits per heavy atom. The molecule has 0 saturated carbocycles. The molecule has 0 aliphatic carbocycles. The van der Waals surface area contributed by atoms with E-state index in [1.165, 1.54) is 12.1 Å². The molecule has 8 heteroatoms. The molecule has 1 amide bonds. The zero-order valence-electron chi connectivity index (χ0n) is 15.4. The van der Waals surface area contributed by atoms with Crippen molar-refractivity contribution in [2.24, 2.45) is 0 Å². The van der Waals surface area contributed by atoms with Gasteiger partial charge in [-0.25, -0.2) is 4.68 Å². The number of halogens is 4. The van der Waals surface area contributed by atoms with Crippen molar-refractivity contribution in [3.63, 3.8) is 0 Å². The van der Waals surface area contributed by atoms with Crippen LogP contribution >= 0.6 is 11.6 Å². The minimum absolute atomic E-state index is 0.0234. The highest BCUT2D eigenvalue weighted by molar-refractivity contribution is 6.30. The zero-order chi connectivity index (χ0) is 21.3. The first-order valence-electron chi connectivity index (χ1n) is 9.00. The summed E-state index contributed by atoms with van der Waals surface area (Å²) in [5.74, 6) is -0.395. The number of fused-ring (bicyclic) bond motifs is 1. The van der Waals surface area contributed by atoms with Crippen LogP contribution in [0.2, 0.25) is 5.02 Å². The van der Waals surface area contributed by atoms with Crippen molar-refractivity contribution in [2.45, 2.75) is 12.7 Å². The standard InChI is InChI=1S/C22H15ClF3N3O/c23-16-7-9-17(10-8-16)29-20-6-2-5-18(19(20)13-28-29)21(30)27-12-14-3-1-4-15(11-14)22(24,25)26/h1-11,13H,12H2,(H,27,30). The number of amides is 1. The number of hydrogen-bond acceptors (Lipinski definition) is 2. The van der Waals surface area contributed by atoms with Crippen molar-refractivity contribution in [1.82, 2.24) is 15.1 Å². The van der Waals surface area contributed by atoms with E-state index >= 15 is 0 Å². The highest BCUT2D eigenvalue weighted by atomic mass is 35.5. The van der Waals surface area contributed by atoms with E-state index in [0.29, 0.717) is 21.5 Å². The van der Waals surface area contributed by atoms with Crippen LogP contribution in [0.1, 0.15) is 21.5 Å². The normalized spacial score (nSPS) is 11.6. The molecule has 4 rings (SSSR count). The van der Waals surface area contributed by atoms with Crippen LogP contribution in [0.4, 0.5) is 13.2 Å². The Balaban J connectivity index is 1.58. The van der Waals surface area contributed by atoms with Crippen molar-refractivity contribution >= 4 is 28.4 Å². The molecule has 3 aromatic carbocycles. The fourth-order valence-electron chi connectivity index (χ4n) is 3.17. The van der Waals surface area contributed by atoms with Crippen LogP contribution < -0.4 is 5.32 Å². The topological polar surface area (TPSA) is 46.9 Å². The first-order valence-corrected chi connectivity index (χ1v) is 9.38. The van der Waals surface area contributed by atoms with Gasteiger partial charge in [0.05, 0.1) is 28.5 Å². The first-order chi connectivity index (χ1) is 14.3. The van der Waals surface area contributed by atoms with E-state index in [9.17, 15) is 18.0 Å². The van der Waals surface area contributed by atoms with Crippen LogP contribution in [0.5, 0.6) is 0 Å². The molecular weight excluding hydrogens is 415 g/mol. The molecule has 0 spiro atoms. The highest BCUT2D eigenvalue weighted by Gasteiger charge is 2.30. The van der Waals surface area contributed by atoms with Crippen LogP contribution in [0, 0.1) is 0 Å². The molecule has 0 unspecified atom stereocenters. The molecule has 0 fully saturated rings. The minimum Gasteiger partial charge on any atom is -0.348 e. The monoisotopic (exact) mass is 429 g/mol. The smallest absolute Gasteiger partial charge is 0.348 e. The fraction of sp³-hybridized carbons (Fsp3) is 0.0909. The van der Waals surface area contributed by atoms with E-state index in [4.69, 9.17) is 11.6 Å². The molecular formula is C22H15ClF3N3O. The maximum Gasteiger partial charge on any atom is 0.416 e. The van der Waals surface area contributed by atoms with Gasteiger partial charge in [0.1, 0.15) is 0 Å². The zero-order valence-corrected chi connectivity index (χ0v) is 16.2. The average molecular weight is 430 g/mol. The highest BCUT2D eigenvalue weighted by Crippen LogP contribution is 2.29. The van der Waals surface area contributed by atoms with Crippen LogP contribution in [0.25, 0.3) is 16.6 Å². The Labute approximate surface area is 174 Å².